The first kappa shape index (κ1) is 10.9. The van der Waals surface area contributed by atoms with E-state index in [9.17, 15) is 0 Å². The highest BCUT2D eigenvalue weighted by molar-refractivity contribution is 5.24. The summed E-state index contributed by atoms with van der Waals surface area (Å²) in [5.41, 5.74) is 3.71. The summed E-state index contributed by atoms with van der Waals surface area (Å²) in [6, 6.07) is 10.5. The van der Waals surface area contributed by atoms with E-state index < -0.39 is 0 Å². The van der Waals surface area contributed by atoms with Crippen LogP contribution in [0.5, 0.6) is 0 Å². The molecule has 0 saturated heterocycles. The van der Waals surface area contributed by atoms with Crippen LogP contribution in [0.15, 0.2) is 36.7 Å². The Balaban J connectivity index is 2.07. The van der Waals surface area contributed by atoms with Gasteiger partial charge in [-0.2, -0.15) is 0 Å². The van der Waals surface area contributed by atoms with Crippen molar-refractivity contribution in [2.75, 3.05) is 13.6 Å². The lowest BCUT2D eigenvalue weighted by Gasteiger charge is -2.02. The van der Waals surface area contributed by atoms with Gasteiger partial charge in [0.2, 0.25) is 0 Å². The Labute approximate surface area is 95.9 Å². The van der Waals surface area contributed by atoms with Crippen LogP contribution in [0.1, 0.15) is 17.0 Å². The lowest BCUT2D eigenvalue weighted by Crippen LogP contribution is -2.11. The predicted octanol–water partition coefficient (Wildman–Crippen LogP) is 1.76. The molecule has 16 heavy (non-hydrogen) atoms. The highest BCUT2D eigenvalue weighted by Gasteiger charge is 2.05. The van der Waals surface area contributed by atoms with Crippen LogP contribution in [0, 0.1) is 0 Å². The maximum atomic E-state index is 4.35. The summed E-state index contributed by atoms with van der Waals surface area (Å²) in [4.78, 5) is 7.58. The summed E-state index contributed by atoms with van der Waals surface area (Å²) >= 11 is 0. The minimum atomic E-state index is 0.930. The van der Waals surface area contributed by atoms with Gasteiger partial charge in [-0.3, -0.25) is 0 Å². The molecule has 2 N–H and O–H groups in total. The third-order valence-corrected chi connectivity index (χ3v) is 2.64. The molecule has 0 bridgehead atoms. The molecule has 0 saturated carbocycles. The van der Waals surface area contributed by atoms with Crippen LogP contribution in [0.25, 0.3) is 0 Å². The molecule has 0 atom stereocenters. The Kier molecular flexibility index (Phi) is 3.72. The highest BCUT2D eigenvalue weighted by atomic mass is 14.9. The summed E-state index contributed by atoms with van der Waals surface area (Å²) in [7, 11) is 1.96. The van der Waals surface area contributed by atoms with Crippen LogP contribution in [0.4, 0.5) is 0 Å². The van der Waals surface area contributed by atoms with Crippen LogP contribution in [-0.4, -0.2) is 23.6 Å². The standard InChI is InChI=1S/C13H17N3/c1-14-8-7-12-13(16-10-15-12)9-11-5-3-2-4-6-11/h2-6,10,14H,7-9H2,1H3,(H,15,16). The molecule has 84 valence electrons. The van der Waals surface area contributed by atoms with Crippen molar-refractivity contribution in [2.45, 2.75) is 12.8 Å². The molecule has 3 nitrogen and oxygen atoms in total. The molecule has 3 heteroatoms. The van der Waals surface area contributed by atoms with Gasteiger partial charge >= 0.3 is 0 Å². The largest absolute Gasteiger partial charge is 0.348 e. The number of aromatic amines is 1. The van der Waals surface area contributed by atoms with E-state index in [1.165, 1.54) is 17.0 Å². The van der Waals surface area contributed by atoms with E-state index >= 15 is 0 Å². The van der Waals surface area contributed by atoms with Gasteiger partial charge in [-0.15, -0.1) is 0 Å². The van der Waals surface area contributed by atoms with E-state index in [0.717, 1.165) is 19.4 Å². The number of hydrogen-bond acceptors (Lipinski definition) is 2. The van der Waals surface area contributed by atoms with Crippen LogP contribution in [-0.2, 0) is 12.8 Å². The van der Waals surface area contributed by atoms with Crippen molar-refractivity contribution >= 4 is 0 Å². The summed E-state index contributed by atoms with van der Waals surface area (Å²) < 4.78 is 0. The molecule has 1 aromatic heterocycles. The average Bonchev–Trinajstić information content (AvgIpc) is 2.75. The third-order valence-electron chi connectivity index (χ3n) is 2.64. The van der Waals surface area contributed by atoms with Gasteiger partial charge in [0.05, 0.1) is 12.0 Å². The Morgan fingerprint density at radius 1 is 1.25 bits per heavy atom. The van der Waals surface area contributed by atoms with Gasteiger partial charge in [-0.25, -0.2) is 4.98 Å². The fourth-order valence-electron chi connectivity index (χ4n) is 1.76. The smallest absolute Gasteiger partial charge is 0.0925 e. The van der Waals surface area contributed by atoms with E-state index in [4.69, 9.17) is 0 Å². The second-order valence-electron chi connectivity index (χ2n) is 3.84. The molecular formula is C13H17N3. The molecule has 0 aliphatic rings. The van der Waals surface area contributed by atoms with E-state index in [2.05, 4.69) is 39.6 Å². The number of rotatable bonds is 5. The zero-order valence-corrected chi connectivity index (χ0v) is 9.53. The lowest BCUT2D eigenvalue weighted by atomic mass is 10.1. The quantitative estimate of drug-likeness (QED) is 0.798. The van der Waals surface area contributed by atoms with Crippen molar-refractivity contribution in [3.63, 3.8) is 0 Å². The number of aromatic nitrogens is 2. The van der Waals surface area contributed by atoms with Crippen molar-refractivity contribution < 1.29 is 0 Å². The number of nitrogens with one attached hydrogen (secondary N) is 2. The summed E-state index contributed by atoms with van der Waals surface area (Å²) in [6.07, 6.45) is 3.69. The monoisotopic (exact) mass is 215 g/mol. The SMILES string of the molecule is CNCCc1nc[nH]c1Cc1ccccc1. The Morgan fingerprint density at radius 3 is 2.81 bits per heavy atom. The number of H-pyrrole nitrogens is 1. The Morgan fingerprint density at radius 2 is 2.06 bits per heavy atom. The molecule has 2 aromatic rings. The van der Waals surface area contributed by atoms with Gasteiger partial charge in [0.15, 0.2) is 0 Å². The van der Waals surface area contributed by atoms with Crippen molar-refractivity contribution in [2.24, 2.45) is 0 Å². The number of benzene rings is 1. The number of likely N-dealkylation sites (N-methyl/N-ethyl adjacent to an activating group) is 1. The zero-order chi connectivity index (χ0) is 11.2. The molecule has 0 aliphatic carbocycles. The predicted molar refractivity (Wildman–Crippen MR) is 65.5 cm³/mol. The third kappa shape index (κ3) is 2.70. The Bertz CT molecular complexity index is 420. The summed E-state index contributed by atoms with van der Waals surface area (Å²) in [5.74, 6) is 0. The van der Waals surface area contributed by atoms with Crippen molar-refractivity contribution in [1.29, 1.82) is 0 Å². The van der Waals surface area contributed by atoms with Crippen molar-refractivity contribution in [1.82, 2.24) is 15.3 Å². The molecule has 0 radical (unpaired) electrons. The molecule has 0 fully saturated rings. The van der Waals surface area contributed by atoms with Gasteiger partial charge in [0.25, 0.3) is 0 Å². The molecule has 0 amide bonds. The van der Waals surface area contributed by atoms with Crippen LogP contribution >= 0.6 is 0 Å². The second-order valence-corrected chi connectivity index (χ2v) is 3.84. The fraction of sp³-hybridized carbons (Fsp3) is 0.308. The summed E-state index contributed by atoms with van der Waals surface area (Å²) in [5, 5.41) is 3.14. The lowest BCUT2D eigenvalue weighted by molar-refractivity contribution is 0.773. The van der Waals surface area contributed by atoms with E-state index in [1.807, 2.05) is 13.1 Å². The zero-order valence-electron chi connectivity index (χ0n) is 9.53. The van der Waals surface area contributed by atoms with Crippen LogP contribution < -0.4 is 5.32 Å². The van der Waals surface area contributed by atoms with Gasteiger partial charge in [0.1, 0.15) is 0 Å². The molecule has 1 heterocycles. The van der Waals surface area contributed by atoms with Crippen molar-refractivity contribution in [3.8, 4) is 0 Å². The maximum absolute atomic E-state index is 4.35. The fourth-order valence-corrected chi connectivity index (χ4v) is 1.76. The first-order chi connectivity index (χ1) is 7.90. The molecule has 2 rings (SSSR count). The van der Waals surface area contributed by atoms with E-state index in [-0.39, 0.29) is 0 Å². The highest BCUT2D eigenvalue weighted by Crippen LogP contribution is 2.10. The second kappa shape index (κ2) is 5.47. The topological polar surface area (TPSA) is 40.7 Å². The molecule has 0 unspecified atom stereocenters. The number of nitrogens with zero attached hydrogens (tertiary/aromatic N) is 1. The van der Waals surface area contributed by atoms with Crippen LogP contribution in [0.3, 0.4) is 0 Å². The van der Waals surface area contributed by atoms with E-state index in [1.54, 1.807) is 6.33 Å². The number of hydrogen-bond donors (Lipinski definition) is 2. The van der Waals surface area contributed by atoms with Crippen LogP contribution in [0.2, 0.25) is 0 Å². The minimum absolute atomic E-state index is 0.930. The molecule has 0 aliphatic heterocycles. The molecule has 1 aromatic carbocycles. The first-order valence-electron chi connectivity index (χ1n) is 5.60. The molecular weight excluding hydrogens is 198 g/mol. The summed E-state index contributed by atoms with van der Waals surface area (Å²) in [6.45, 7) is 0.965. The van der Waals surface area contributed by atoms with Gasteiger partial charge < -0.3 is 10.3 Å². The van der Waals surface area contributed by atoms with Crippen molar-refractivity contribution in [3.05, 3.63) is 53.6 Å². The number of imidazole rings is 1. The van der Waals surface area contributed by atoms with E-state index in [0.29, 0.717) is 0 Å². The maximum Gasteiger partial charge on any atom is 0.0925 e. The van der Waals surface area contributed by atoms with Gasteiger partial charge in [-0.1, -0.05) is 30.3 Å². The Hall–Kier alpha value is -1.61. The first-order valence-corrected chi connectivity index (χ1v) is 5.60. The average molecular weight is 215 g/mol. The molecule has 0 spiro atoms. The normalized spacial score (nSPS) is 10.6. The van der Waals surface area contributed by atoms with Gasteiger partial charge in [-0.05, 0) is 12.6 Å². The minimum Gasteiger partial charge on any atom is -0.348 e. The van der Waals surface area contributed by atoms with Gasteiger partial charge in [0, 0.05) is 25.1 Å².